The lowest BCUT2D eigenvalue weighted by atomic mass is 9.96. The molecule has 3 rings (SSSR count). The van der Waals surface area contributed by atoms with Crippen molar-refractivity contribution >= 4 is 22.4 Å². The molecule has 0 aliphatic carbocycles. The van der Waals surface area contributed by atoms with Crippen LogP contribution in [0.1, 0.15) is 51.7 Å². The van der Waals surface area contributed by atoms with Gasteiger partial charge in [0.15, 0.2) is 0 Å². The molecule has 1 heterocycles. The van der Waals surface area contributed by atoms with E-state index in [-0.39, 0.29) is 5.91 Å². The van der Waals surface area contributed by atoms with Gasteiger partial charge in [0.1, 0.15) is 17.1 Å². The van der Waals surface area contributed by atoms with E-state index >= 15 is 0 Å². The first-order chi connectivity index (χ1) is 15.9. The smallest absolute Gasteiger partial charge is 0.246 e. The van der Waals surface area contributed by atoms with Crippen LogP contribution in [0.5, 0.6) is 11.5 Å². The molecule has 33 heavy (non-hydrogen) atoms. The molecule has 0 radical (unpaired) electrons. The lowest BCUT2D eigenvalue weighted by Gasteiger charge is -2.20. The lowest BCUT2D eigenvalue weighted by molar-refractivity contribution is -0.126. The van der Waals surface area contributed by atoms with Gasteiger partial charge in [-0.05, 0) is 62.9 Å². The zero-order valence-electron chi connectivity index (χ0n) is 20.7. The highest BCUT2D eigenvalue weighted by Crippen LogP contribution is 2.41. The highest BCUT2D eigenvalue weighted by Gasteiger charge is 2.20. The summed E-state index contributed by atoms with van der Waals surface area (Å²) in [5.74, 6) is 1.59. The fourth-order valence-corrected chi connectivity index (χ4v) is 4.18. The van der Waals surface area contributed by atoms with Crippen LogP contribution in [-0.2, 0) is 4.79 Å². The van der Waals surface area contributed by atoms with Gasteiger partial charge in [0, 0.05) is 41.2 Å². The van der Waals surface area contributed by atoms with Crippen LogP contribution in [0.25, 0.3) is 27.7 Å². The average molecular weight is 450 g/mol. The third-order valence-corrected chi connectivity index (χ3v) is 5.78. The Morgan fingerprint density at radius 1 is 1.12 bits per heavy atom. The third-order valence-electron chi connectivity index (χ3n) is 5.78. The molecular weight excluding hydrogens is 414 g/mol. The summed E-state index contributed by atoms with van der Waals surface area (Å²) in [6.45, 7) is 12.2. The highest BCUT2D eigenvalue weighted by molar-refractivity contribution is 6.01. The molecule has 0 bridgehead atoms. The predicted molar refractivity (Wildman–Crippen MR) is 135 cm³/mol. The van der Waals surface area contributed by atoms with Gasteiger partial charge in [-0.3, -0.25) is 4.79 Å². The van der Waals surface area contributed by atoms with Crippen molar-refractivity contribution in [2.45, 2.75) is 47.5 Å². The largest absolute Gasteiger partial charge is 0.497 e. The van der Waals surface area contributed by atoms with Crippen molar-refractivity contribution in [3.8, 4) is 22.6 Å². The number of hydrogen-bond donors (Lipinski definition) is 0. The van der Waals surface area contributed by atoms with Crippen LogP contribution in [0, 0.1) is 6.92 Å². The molecule has 1 amide bonds. The molecule has 0 saturated heterocycles. The Morgan fingerprint density at radius 3 is 2.48 bits per heavy atom. The number of fused-ring (bicyclic) bond motifs is 1. The standard InChI is InChI=1S/C28H35NO4/c1-7-13-29(14-8-2)26(30)15-19(4)23-17-24-25(21-11-10-12-22(16-21)31-6)18-33-28(24)20(5)27(23)32-9-3/h10-12,15-18H,7-9,13-14H2,1-6H3/b19-15+. The van der Waals surface area contributed by atoms with E-state index < -0.39 is 0 Å². The van der Waals surface area contributed by atoms with Gasteiger partial charge in [-0.1, -0.05) is 26.0 Å². The van der Waals surface area contributed by atoms with Crippen LogP contribution >= 0.6 is 0 Å². The molecule has 0 spiro atoms. The van der Waals surface area contributed by atoms with Gasteiger partial charge in [0.05, 0.1) is 20.0 Å². The van der Waals surface area contributed by atoms with Crippen LogP contribution in [0.15, 0.2) is 47.1 Å². The lowest BCUT2D eigenvalue weighted by Crippen LogP contribution is -2.31. The van der Waals surface area contributed by atoms with Crippen molar-refractivity contribution < 1.29 is 18.7 Å². The van der Waals surface area contributed by atoms with Crippen molar-refractivity contribution in [3.63, 3.8) is 0 Å². The van der Waals surface area contributed by atoms with E-state index in [0.29, 0.717) is 6.61 Å². The van der Waals surface area contributed by atoms with Gasteiger partial charge < -0.3 is 18.8 Å². The number of allylic oxidation sites excluding steroid dienone is 1. The number of carbonyl (C=O) groups excluding carboxylic acids is 1. The molecule has 5 nitrogen and oxygen atoms in total. The molecule has 0 N–H and O–H groups in total. The van der Waals surface area contributed by atoms with E-state index in [1.54, 1.807) is 19.4 Å². The Hall–Kier alpha value is -3.21. The second-order valence-corrected chi connectivity index (χ2v) is 8.22. The minimum absolute atomic E-state index is 0.0385. The molecule has 0 aliphatic heterocycles. The molecule has 2 aromatic carbocycles. The Labute approximate surface area is 197 Å². The van der Waals surface area contributed by atoms with Gasteiger partial charge >= 0.3 is 0 Å². The number of rotatable bonds is 10. The molecule has 0 fully saturated rings. The van der Waals surface area contributed by atoms with Gasteiger partial charge in [0.25, 0.3) is 0 Å². The number of amides is 1. The van der Waals surface area contributed by atoms with Crippen LogP contribution in [0.3, 0.4) is 0 Å². The number of carbonyl (C=O) groups is 1. The fourth-order valence-electron chi connectivity index (χ4n) is 4.18. The number of ether oxygens (including phenoxy) is 2. The molecular formula is C28H35NO4. The minimum atomic E-state index is 0.0385. The van der Waals surface area contributed by atoms with Crippen LogP contribution in [0.2, 0.25) is 0 Å². The molecule has 0 unspecified atom stereocenters. The van der Waals surface area contributed by atoms with Gasteiger partial charge in [-0.25, -0.2) is 0 Å². The molecule has 0 saturated carbocycles. The molecule has 3 aromatic rings. The molecule has 5 heteroatoms. The van der Waals surface area contributed by atoms with E-state index in [4.69, 9.17) is 13.9 Å². The summed E-state index contributed by atoms with van der Waals surface area (Å²) in [6, 6.07) is 10.0. The minimum Gasteiger partial charge on any atom is -0.497 e. The Balaban J connectivity index is 2.15. The maximum Gasteiger partial charge on any atom is 0.246 e. The molecule has 0 atom stereocenters. The monoisotopic (exact) mass is 449 g/mol. The summed E-state index contributed by atoms with van der Waals surface area (Å²) in [6.07, 6.45) is 5.39. The fraction of sp³-hybridized carbons (Fsp3) is 0.393. The second-order valence-electron chi connectivity index (χ2n) is 8.22. The number of furan rings is 1. The second kappa shape index (κ2) is 11.1. The summed E-state index contributed by atoms with van der Waals surface area (Å²) in [5, 5.41) is 0.985. The summed E-state index contributed by atoms with van der Waals surface area (Å²) < 4.78 is 17.4. The number of aryl methyl sites for hydroxylation is 1. The Morgan fingerprint density at radius 2 is 1.85 bits per heavy atom. The van der Waals surface area contributed by atoms with Gasteiger partial charge in [0.2, 0.25) is 5.91 Å². The first kappa shape index (κ1) is 24.4. The summed E-state index contributed by atoms with van der Waals surface area (Å²) in [7, 11) is 1.66. The first-order valence-electron chi connectivity index (χ1n) is 11.7. The Kier molecular flexibility index (Phi) is 8.21. The van der Waals surface area contributed by atoms with E-state index in [1.807, 2.05) is 49.9 Å². The maximum absolute atomic E-state index is 13.0. The van der Waals surface area contributed by atoms with Crippen molar-refractivity contribution in [2.24, 2.45) is 0 Å². The SMILES string of the molecule is CCCN(CCC)C(=O)/C=C(\C)c1cc2c(-c3cccc(OC)c3)coc2c(C)c1OCC. The molecule has 1 aromatic heterocycles. The van der Waals surface area contributed by atoms with Crippen molar-refractivity contribution in [3.05, 3.63) is 53.8 Å². The topological polar surface area (TPSA) is 51.9 Å². The number of benzene rings is 2. The zero-order valence-corrected chi connectivity index (χ0v) is 20.7. The average Bonchev–Trinajstić information content (AvgIpc) is 3.25. The predicted octanol–water partition coefficient (Wildman–Crippen LogP) is 6.87. The van der Waals surface area contributed by atoms with Crippen LogP contribution in [-0.4, -0.2) is 37.6 Å². The number of nitrogens with zero attached hydrogens (tertiary/aromatic N) is 1. The van der Waals surface area contributed by atoms with Gasteiger partial charge in [-0.2, -0.15) is 0 Å². The van der Waals surface area contributed by atoms with Crippen LogP contribution in [0.4, 0.5) is 0 Å². The maximum atomic E-state index is 13.0. The summed E-state index contributed by atoms with van der Waals surface area (Å²) in [5.41, 5.74) is 5.50. The van der Waals surface area contributed by atoms with E-state index in [9.17, 15) is 4.79 Å². The summed E-state index contributed by atoms with van der Waals surface area (Å²) in [4.78, 5) is 14.9. The van der Waals surface area contributed by atoms with Crippen molar-refractivity contribution in [1.82, 2.24) is 4.90 Å². The van der Waals surface area contributed by atoms with Crippen molar-refractivity contribution in [1.29, 1.82) is 0 Å². The summed E-state index contributed by atoms with van der Waals surface area (Å²) >= 11 is 0. The third kappa shape index (κ3) is 5.24. The number of hydrogen-bond acceptors (Lipinski definition) is 4. The highest BCUT2D eigenvalue weighted by atomic mass is 16.5. The van der Waals surface area contributed by atoms with Gasteiger partial charge in [-0.15, -0.1) is 0 Å². The van der Waals surface area contributed by atoms with E-state index in [1.165, 1.54) is 0 Å². The van der Waals surface area contributed by atoms with Crippen molar-refractivity contribution in [2.75, 3.05) is 26.8 Å². The quantitative estimate of drug-likeness (QED) is 0.317. The number of methoxy groups -OCH3 is 1. The van der Waals surface area contributed by atoms with Crippen LogP contribution < -0.4 is 9.47 Å². The molecule has 0 aliphatic rings. The van der Waals surface area contributed by atoms with E-state index in [0.717, 1.165) is 76.2 Å². The molecule has 176 valence electrons. The van der Waals surface area contributed by atoms with E-state index in [2.05, 4.69) is 19.9 Å². The first-order valence-corrected chi connectivity index (χ1v) is 11.7. The zero-order chi connectivity index (χ0) is 24.0. The Bertz CT molecular complexity index is 1140. The normalized spacial score (nSPS) is 11.6.